The molecule has 0 saturated heterocycles. The van der Waals surface area contributed by atoms with E-state index in [1.165, 1.54) is 30.6 Å². The number of hydrogen-bond donors (Lipinski definition) is 2. The number of benzene rings is 2. The van der Waals surface area contributed by atoms with Crippen LogP contribution in [0, 0.1) is 5.82 Å². The van der Waals surface area contributed by atoms with Gasteiger partial charge in [0.25, 0.3) is 11.8 Å². The van der Waals surface area contributed by atoms with Crippen molar-refractivity contribution in [3.63, 3.8) is 0 Å². The normalized spacial score (nSPS) is 10.1. The number of rotatable bonds is 4. The van der Waals surface area contributed by atoms with Crippen molar-refractivity contribution in [1.29, 1.82) is 0 Å². The second-order valence-corrected chi connectivity index (χ2v) is 5.20. The lowest BCUT2D eigenvalue weighted by atomic mass is 10.2. The Morgan fingerprint density at radius 2 is 1.44 bits per heavy atom. The minimum absolute atomic E-state index is 0.0475. The number of carbonyl (C=O) groups excluding carboxylic acids is 2. The maximum atomic E-state index is 13.7. The molecule has 1 aromatic heterocycles. The summed E-state index contributed by atoms with van der Waals surface area (Å²) in [5.41, 5.74) is 1.37. The SMILES string of the molecule is O=C(Nc1cccc(NC(=O)c2ccccc2F)c1)c1ccncc1. The highest BCUT2D eigenvalue weighted by atomic mass is 19.1. The van der Waals surface area contributed by atoms with E-state index in [1.807, 2.05) is 0 Å². The van der Waals surface area contributed by atoms with Crippen LogP contribution in [-0.4, -0.2) is 16.8 Å². The summed E-state index contributed by atoms with van der Waals surface area (Å²) in [6.07, 6.45) is 3.06. The van der Waals surface area contributed by atoms with E-state index in [0.29, 0.717) is 16.9 Å². The van der Waals surface area contributed by atoms with E-state index in [1.54, 1.807) is 42.5 Å². The average molecular weight is 335 g/mol. The first-order chi connectivity index (χ1) is 12.1. The zero-order chi connectivity index (χ0) is 17.6. The molecule has 0 atom stereocenters. The quantitative estimate of drug-likeness (QED) is 0.763. The number of anilines is 2. The zero-order valence-electron chi connectivity index (χ0n) is 13.1. The van der Waals surface area contributed by atoms with E-state index < -0.39 is 11.7 Å². The Bertz CT molecular complexity index is 913. The highest BCUT2D eigenvalue weighted by molar-refractivity contribution is 6.06. The lowest BCUT2D eigenvalue weighted by Gasteiger charge is -2.09. The number of nitrogens with zero attached hydrogens (tertiary/aromatic N) is 1. The minimum Gasteiger partial charge on any atom is -0.322 e. The van der Waals surface area contributed by atoms with Crippen LogP contribution in [-0.2, 0) is 0 Å². The van der Waals surface area contributed by atoms with Gasteiger partial charge in [-0.15, -0.1) is 0 Å². The van der Waals surface area contributed by atoms with Crippen molar-refractivity contribution in [2.75, 3.05) is 10.6 Å². The van der Waals surface area contributed by atoms with Crippen molar-refractivity contribution in [3.05, 3.63) is 90.0 Å². The standard InChI is InChI=1S/C19H14FN3O2/c20-17-7-2-1-6-16(17)19(25)23-15-5-3-4-14(12-15)22-18(24)13-8-10-21-11-9-13/h1-12H,(H,22,24)(H,23,25). The molecule has 2 aromatic carbocycles. The maximum absolute atomic E-state index is 13.7. The molecule has 0 spiro atoms. The lowest BCUT2D eigenvalue weighted by molar-refractivity contribution is 0.101. The fourth-order valence-electron chi connectivity index (χ4n) is 2.23. The monoisotopic (exact) mass is 335 g/mol. The van der Waals surface area contributed by atoms with Crippen molar-refractivity contribution in [2.24, 2.45) is 0 Å². The molecule has 3 aromatic rings. The van der Waals surface area contributed by atoms with Gasteiger partial charge >= 0.3 is 0 Å². The van der Waals surface area contributed by atoms with Gasteiger partial charge in [-0.2, -0.15) is 0 Å². The van der Waals surface area contributed by atoms with Crippen molar-refractivity contribution in [2.45, 2.75) is 0 Å². The smallest absolute Gasteiger partial charge is 0.258 e. The van der Waals surface area contributed by atoms with Gasteiger partial charge in [0.2, 0.25) is 0 Å². The minimum atomic E-state index is -0.595. The maximum Gasteiger partial charge on any atom is 0.258 e. The highest BCUT2D eigenvalue weighted by Gasteiger charge is 2.11. The van der Waals surface area contributed by atoms with E-state index in [9.17, 15) is 14.0 Å². The van der Waals surface area contributed by atoms with Crippen LogP contribution in [0.5, 0.6) is 0 Å². The van der Waals surface area contributed by atoms with E-state index >= 15 is 0 Å². The first-order valence-electron chi connectivity index (χ1n) is 7.51. The molecule has 1 heterocycles. The second kappa shape index (κ2) is 7.35. The van der Waals surface area contributed by atoms with Crippen molar-refractivity contribution in [3.8, 4) is 0 Å². The Balaban J connectivity index is 1.72. The Kier molecular flexibility index (Phi) is 4.80. The van der Waals surface area contributed by atoms with E-state index in [4.69, 9.17) is 0 Å². The number of carbonyl (C=O) groups is 2. The van der Waals surface area contributed by atoms with Crippen LogP contribution >= 0.6 is 0 Å². The van der Waals surface area contributed by atoms with E-state index in [0.717, 1.165) is 0 Å². The largest absolute Gasteiger partial charge is 0.322 e. The molecule has 0 aliphatic carbocycles. The molecule has 2 amide bonds. The summed E-state index contributed by atoms with van der Waals surface area (Å²) >= 11 is 0. The molecule has 3 rings (SSSR count). The molecule has 5 nitrogen and oxygen atoms in total. The summed E-state index contributed by atoms with van der Waals surface area (Å²) in [7, 11) is 0. The predicted molar refractivity (Wildman–Crippen MR) is 93.0 cm³/mol. The van der Waals surface area contributed by atoms with Gasteiger partial charge in [0, 0.05) is 29.3 Å². The number of nitrogens with one attached hydrogen (secondary N) is 2. The Morgan fingerprint density at radius 1 is 0.800 bits per heavy atom. The molecule has 0 aliphatic heterocycles. The van der Waals surface area contributed by atoms with Crippen LogP contribution in [0.25, 0.3) is 0 Å². The van der Waals surface area contributed by atoms with Crippen molar-refractivity contribution < 1.29 is 14.0 Å². The molecule has 0 bridgehead atoms. The van der Waals surface area contributed by atoms with Crippen LogP contribution < -0.4 is 10.6 Å². The molecule has 0 saturated carbocycles. The summed E-state index contributed by atoms with van der Waals surface area (Å²) in [6, 6.07) is 15.5. The zero-order valence-corrected chi connectivity index (χ0v) is 13.1. The summed E-state index contributed by atoms with van der Waals surface area (Å²) in [6.45, 7) is 0. The van der Waals surface area contributed by atoms with E-state index in [-0.39, 0.29) is 11.5 Å². The number of halogens is 1. The van der Waals surface area contributed by atoms with Crippen LogP contribution in [0.3, 0.4) is 0 Å². The Labute approximate surface area is 143 Å². The molecular weight excluding hydrogens is 321 g/mol. The number of aromatic nitrogens is 1. The molecule has 0 aliphatic rings. The third kappa shape index (κ3) is 4.06. The molecule has 0 radical (unpaired) electrons. The Hall–Kier alpha value is -3.54. The van der Waals surface area contributed by atoms with Gasteiger partial charge in [-0.05, 0) is 42.5 Å². The molecular formula is C19H14FN3O2. The lowest BCUT2D eigenvalue weighted by Crippen LogP contribution is -2.15. The summed E-state index contributed by atoms with van der Waals surface area (Å²) < 4.78 is 13.7. The van der Waals surface area contributed by atoms with Crippen LogP contribution in [0.15, 0.2) is 73.1 Å². The third-order valence-corrected chi connectivity index (χ3v) is 3.44. The number of hydrogen-bond acceptors (Lipinski definition) is 3. The van der Waals surface area contributed by atoms with Gasteiger partial charge in [-0.25, -0.2) is 4.39 Å². The fourth-order valence-corrected chi connectivity index (χ4v) is 2.23. The fraction of sp³-hybridized carbons (Fsp3) is 0. The van der Waals surface area contributed by atoms with Crippen molar-refractivity contribution in [1.82, 2.24) is 4.98 Å². The second-order valence-electron chi connectivity index (χ2n) is 5.20. The topological polar surface area (TPSA) is 71.1 Å². The van der Waals surface area contributed by atoms with Crippen LogP contribution in [0.2, 0.25) is 0 Å². The molecule has 25 heavy (non-hydrogen) atoms. The number of amides is 2. The predicted octanol–water partition coefficient (Wildman–Crippen LogP) is 3.73. The molecule has 2 N–H and O–H groups in total. The molecule has 0 fully saturated rings. The highest BCUT2D eigenvalue weighted by Crippen LogP contribution is 2.17. The van der Waals surface area contributed by atoms with Gasteiger partial charge in [-0.1, -0.05) is 18.2 Å². The Morgan fingerprint density at radius 3 is 2.12 bits per heavy atom. The summed E-state index contributed by atoms with van der Waals surface area (Å²) in [4.78, 5) is 28.1. The summed E-state index contributed by atoms with van der Waals surface area (Å²) in [5.74, 6) is -1.45. The van der Waals surface area contributed by atoms with Crippen LogP contribution in [0.1, 0.15) is 20.7 Å². The van der Waals surface area contributed by atoms with Gasteiger partial charge in [0.05, 0.1) is 5.56 Å². The van der Waals surface area contributed by atoms with Crippen molar-refractivity contribution >= 4 is 23.2 Å². The average Bonchev–Trinajstić information content (AvgIpc) is 2.63. The first-order valence-corrected chi connectivity index (χ1v) is 7.51. The van der Waals surface area contributed by atoms with Crippen LogP contribution in [0.4, 0.5) is 15.8 Å². The summed E-state index contributed by atoms with van der Waals surface area (Å²) in [5, 5.41) is 5.34. The molecule has 0 unspecified atom stereocenters. The van der Waals surface area contributed by atoms with E-state index in [2.05, 4.69) is 15.6 Å². The van der Waals surface area contributed by atoms with Gasteiger partial charge in [-0.3, -0.25) is 14.6 Å². The first kappa shape index (κ1) is 16.3. The van der Waals surface area contributed by atoms with Gasteiger partial charge in [0.15, 0.2) is 0 Å². The molecule has 124 valence electrons. The third-order valence-electron chi connectivity index (χ3n) is 3.44. The van der Waals surface area contributed by atoms with Gasteiger partial charge in [0.1, 0.15) is 5.82 Å². The van der Waals surface area contributed by atoms with Gasteiger partial charge < -0.3 is 10.6 Å². The molecule has 6 heteroatoms. The number of pyridine rings is 1.